The highest BCUT2D eigenvalue weighted by atomic mass is 35.5. The van der Waals surface area contributed by atoms with Crippen LogP contribution in [0.15, 0.2) is 18.2 Å². The van der Waals surface area contributed by atoms with Gasteiger partial charge in [0.05, 0.1) is 20.3 Å². The lowest BCUT2D eigenvalue weighted by molar-refractivity contribution is -0.0354. The van der Waals surface area contributed by atoms with Crippen molar-refractivity contribution in [2.45, 2.75) is 45.3 Å². The van der Waals surface area contributed by atoms with Gasteiger partial charge in [0.25, 0.3) is 0 Å². The average molecular weight is 391 g/mol. The van der Waals surface area contributed by atoms with Crippen molar-refractivity contribution < 1.29 is 9.47 Å². The number of rotatable bonds is 4. The predicted octanol–water partition coefficient (Wildman–Crippen LogP) is 3.53. The van der Waals surface area contributed by atoms with Gasteiger partial charge in [-0.25, -0.2) is 0 Å². The topological polar surface area (TPSA) is 24.9 Å². The van der Waals surface area contributed by atoms with E-state index in [9.17, 15) is 0 Å². The molecule has 0 aromatic heterocycles. The quantitative estimate of drug-likeness (QED) is 0.784. The molecule has 144 valence electrons. The van der Waals surface area contributed by atoms with E-state index in [1.807, 2.05) is 0 Å². The van der Waals surface area contributed by atoms with E-state index in [0.717, 1.165) is 38.1 Å². The van der Waals surface area contributed by atoms with Crippen LogP contribution in [0.4, 0.5) is 0 Å². The Balaban J connectivity index is 0.00000156. The summed E-state index contributed by atoms with van der Waals surface area (Å²) in [6.07, 6.45) is 2.55. The maximum absolute atomic E-state index is 5.57. The number of morpholine rings is 1. The molecule has 1 atom stereocenters. The molecule has 2 aliphatic rings. The van der Waals surface area contributed by atoms with Crippen LogP contribution in [0.1, 0.15) is 30.9 Å². The van der Waals surface area contributed by atoms with Crippen molar-refractivity contribution in [3.05, 3.63) is 29.3 Å². The first kappa shape index (κ1) is 22.5. The van der Waals surface area contributed by atoms with Crippen LogP contribution in [-0.2, 0) is 11.3 Å². The second-order valence-electron chi connectivity index (χ2n) is 6.97. The first-order valence-electron chi connectivity index (χ1n) is 8.86. The first-order valence-corrected chi connectivity index (χ1v) is 8.86. The summed E-state index contributed by atoms with van der Waals surface area (Å²) in [7, 11) is 1.74. The van der Waals surface area contributed by atoms with E-state index in [1.165, 1.54) is 37.1 Å². The standard InChI is InChI=1S/C19H30N2O2.2ClH/c1-15-12-17(4-5-19(15)22-3)13-20-8-6-18(7-9-20)21-10-11-23-14-16(21)2;;/h4-5,12,16,18H,6-11,13-14H2,1-3H3;2*1H. The zero-order valence-electron chi connectivity index (χ0n) is 15.6. The Labute approximate surface area is 164 Å². The van der Waals surface area contributed by atoms with Crippen molar-refractivity contribution in [2.75, 3.05) is 40.0 Å². The van der Waals surface area contributed by atoms with Crippen LogP contribution >= 0.6 is 24.8 Å². The van der Waals surface area contributed by atoms with Crippen LogP contribution < -0.4 is 4.74 Å². The minimum absolute atomic E-state index is 0. The largest absolute Gasteiger partial charge is 0.496 e. The SMILES string of the molecule is COc1ccc(CN2CCC(N3CCOCC3C)CC2)cc1C.Cl.Cl. The Kier molecular flexibility index (Phi) is 9.54. The van der Waals surface area contributed by atoms with Gasteiger partial charge in [-0.05, 0) is 57.0 Å². The lowest BCUT2D eigenvalue weighted by Crippen LogP contribution is -2.52. The molecule has 0 bridgehead atoms. The van der Waals surface area contributed by atoms with E-state index in [1.54, 1.807) is 7.11 Å². The molecule has 0 spiro atoms. The van der Waals surface area contributed by atoms with Crippen molar-refractivity contribution in [3.8, 4) is 5.75 Å². The minimum atomic E-state index is 0. The number of piperidine rings is 1. The molecule has 1 unspecified atom stereocenters. The average Bonchev–Trinajstić information content (AvgIpc) is 2.56. The van der Waals surface area contributed by atoms with Crippen molar-refractivity contribution in [2.24, 2.45) is 0 Å². The molecule has 6 heteroatoms. The van der Waals surface area contributed by atoms with E-state index in [-0.39, 0.29) is 24.8 Å². The van der Waals surface area contributed by atoms with E-state index in [0.29, 0.717) is 6.04 Å². The summed E-state index contributed by atoms with van der Waals surface area (Å²) in [6.45, 7) is 10.8. The van der Waals surface area contributed by atoms with E-state index in [4.69, 9.17) is 9.47 Å². The van der Waals surface area contributed by atoms with Gasteiger partial charge in [-0.15, -0.1) is 24.8 Å². The van der Waals surface area contributed by atoms with Gasteiger partial charge in [0.15, 0.2) is 0 Å². The van der Waals surface area contributed by atoms with Gasteiger partial charge >= 0.3 is 0 Å². The summed E-state index contributed by atoms with van der Waals surface area (Å²) < 4.78 is 10.9. The molecule has 4 nitrogen and oxygen atoms in total. The molecule has 0 amide bonds. The molecule has 3 rings (SSSR count). The molecule has 0 aliphatic carbocycles. The third-order valence-electron chi connectivity index (χ3n) is 5.31. The lowest BCUT2D eigenvalue weighted by atomic mass is 10.00. The fourth-order valence-corrected chi connectivity index (χ4v) is 3.99. The van der Waals surface area contributed by atoms with Crippen LogP contribution in [0.3, 0.4) is 0 Å². The Morgan fingerprint density at radius 1 is 1.16 bits per heavy atom. The predicted molar refractivity (Wildman–Crippen MR) is 108 cm³/mol. The number of likely N-dealkylation sites (tertiary alicyclic amines) is 1. The lowest BCUT2D eigenvalue weighted by Gasteiger charge is -2.43. The minimum Gasteiger partial charge on any atom is -0.496 e. The second kappa shape index (κ2) is 10.6. The van der Waals surface area contributed by atoms with Crippen LogP contribution in [0.2, 0.25) is 0 Å². The summed E-state index contributed by atoms with van der Waals surface area (Å²) in [5.41, 5.74) is 2.61. The van der Waals surface area contributed by atoms with Crippen LogP contribution in [-0.4, -0.2) is 61.8 Å². The second-order valence-corrected chi connectivity index (χ2v) is 6.97. The highest BCUT2D eigenvalue weighted by Gasteiger charge is 2.29. The Morgan fingerprint density at radius 3 is 2.48 bits per heavy atom. The molecule has 0 saturated carbocycles. The van der Waals surface area contributed by atoms with Gasteiger partial charge in [-0.1, -0.05) is 12.1 Å². The summed E-state index contributed by atoms with van der Waals surface area (Å²) in [5.74, 6) is 0.980. The fourth-order valence-electron chi connectivity index (χ4n) is 3.99. The normalized spacial score (nSPS) is 22.8. The molecule has 1 aromatic carbocycles. The molecular formula is C19H32Cl2N2O2. The Morgan fingerprint density at radius 2 is 1.88 bits per heavy atom. The monoisotopic (exact) mass is 390 g/mol. The zero-order valence-corrected chi connectivity index (χ0v) is 17.2. The molecule has 2 fully saturated rings. The van der Waals surface area contributed by atoms with Crippen molar-refractivity contribution in [1.29, 1.82) is 0 Å². The Bertz CT molecular complexity index is 522. The third kappa shape index (κ3) is 5.73. The van der Waals surface area contributed by atoms with E-state index >= 15 is 0 Å². The molecule has 2 saturated heterocycles. The van der Waals surface area contributed by atoms with Crippen LogP contribution in [0.5, 0.6) is 5.75 Å². The fraction of sp³-hybridized carbons (Fsp3) is 0.684. The van der Waals surface area contributed by atoms with Crippen molar-refractivity contribution >= 4 is 24.8 Å². The molecule has 2 heterocycles. The Hall–Kier alpha value is -0.520. The van der Waals surface area contributed by atoms with Crippen LogP contribution in [0.25, 0.3) is 0 Å². The van der Waals surface area contributed by atoms with Gasteiger partial charge in [0, 0.05) is 25.2 Å². The number of benzene rings is 1. The van der Waals surface area contributed by atoms with Gasteiger partial charge in [-0.2, -0.15) is 0 Å². The number of nitrogens with zero attached hydrogens (tertiary/aromatic N) is 2. The van der Waals surface area contributed by atoms with E-state index < -0.39 is 0 Å². The number of hydrogen-bond acceptors (Lipinski definition) is 4. The van der Waals surface area contributed by atoms with Gasteiger partial charge in [0.1, 0.15) is 5.75 Å². The van der Waals surface area contributed by atoms with Gasteiger partial charge in [-0.3, -0.25) is 9.80 Å². The molecule has 2 aliphatic heterocycles. The number of aryl methyl sites for hydroxylation is 1. The summed E-state index contributed by atoms with van der Waals surface area (Å²) in [5, 5.41) is 0. The first-order chi connectivity index (χ1) is 11.2. The molecular weight excluding hydrogens is 359 g/mol. The molecule has 0 radical (unpaired) electrons. The highest BCUT2D eigenvalue weighted by Crippen LogP contribution is 2.23. The summed E-state index contributed by atoms with van der Waals surface area (Å²) in [6, 6.07) is 7.86. The number of ether oxygens (including phenoxy) is 2. The highest BCUT2D eigenvalue weighted by molar-refractivity contribution is 5.85. The molecule has 25 heavy (non-hydrogen) atoms. The third-order valence-corrected chi connectivity index (χ3v) is 5.31. The number of hydrogen-bond donors (Lipinski definition) is 0. The summed E-state index contributed by atoms with van der Waals surface area (Å²) in [4.78, 5) is 5.25. The molecule has 1 aromatic rings. The smallest absolute Gasteiger partial charge is 0.121 e. The molecule has 0 N–H and O–H groups in total. The summed E-state index contributed by atoms with van der Waals surface area (Å²) >= 11 is 0. The maximum atomic E-state index is 5.57. The van der Waals surface area contributed by atoms with Crippen molar-refractivity contribution in [1.82, 2.24) is 9.80 Å². The zero-order chi connectivity index (χ0) is 16.2. The van der Waals surface area contributed by atoms with Gasteiger partial charge < -0.3 is 9.47 Å². The number of halogens is 2. The maximum Gasteiger partial charge on any atom is 0.121 e. The van der Waals surface area contributed by atoms with Gasteiger partial charge in [0.2, 0.25) is 0 Å². The van der Waals surface area contributed by atoms with E-state index in [2.05, 4.69) is 41.8 Å². The number of methoxy groups -OCH3 is 1. The van der Waals surface area contributed by atoms with Crippen LogP contribution in [0, 0.1) is 6.92 Å². The van der Waals surface area contributed by atoms with Crippen molar-refractivity contribution in [3.63, 3.8) is 0 Å².